The lowest BCUT2D eigenvalue weighted by Crippen LogP contribution is -2.14. The second-order valence-corrected chi connectivity index (χ2v) is 8.38. The van der Waals surface area contributed by atoms with Crippen LogP contribution in [0.4, 0.5) is 5.13 Å². The number of fused-ring (bicyclic) bond motifs is 1. The molecule has 2 heterocycles. The Kier molecular flexibility index (Phi) is 5.39. The second-order valence-electron chi connectivity index (χ2n) is 7.35. The Hall–Kier alpha value is -3.97. The Morgan fingerprint density at radius 3 is 2.59 bits per heavy atom. The Morgan fingerprint density at radius 1 is 1.00 bits per heavy atom. The van der Waals surface area contributed by atoms with Crippen LogP contribution >= 0.6 is 11.3 Å². The number of ether oxygens (including phenoxy) is 1. The molecule has 0 radical (unpaired) electrons. The van der Waals surface area contributed by atoms with Gasteiger partial charge >= 0.3 is 0 Å². The van der Waals surface area contributed by atoms with Crippen LogP contribution < -0.4 is 10.1 Å². The van der Waals surface area contributed by atoms with Crippen LogP contribution in [0.25, 0.3) is 21.3 Å². The zero-order valence-corrected chi connectivity index (χ0v) is 18.2. The van der Waals surface area contributed by atoms with E-state index < -0.39 is 0 Å². The molecule has 0 atom stereocenters. The Labute approximate surface area is 189 Å². The molecule has 2 aromatic heterocycles. The fourth-order valence-corrected chi connectivity index (χ4v) is 4.28. The van der Waals surface area contributed by atoms with Gasteiger partial charge in [0.15, 0.2) is 17.6 Å². The average Bonchev–Trinajstić information content (AvgIpc) is 3.45. The normalized spacial score (nSPS) is 10.9. The Morgan fingerprint density at radius 2 is 1.78 bits per heavy atom. The molecule has 158 valence electrons. The second kappa shape index (κ2) is 8.64. The minimum Gasteiger partial charge on any atom is -0.471 e. The van der Waals surface area contributed by atoms with Crippen LogP contribution in [0.3, 0.4) is 0 Å². The summed E-state index contributed by atoms with van der Waals surface area (Å²) >= 11 is 1.45. The first-order chi connectivity index (χ1) is 15.6. The molecule has 0 saturated carbocycles. The molecule has 6 nitrogen and oxygen atoms in total. The zero-order chi connectivity index (χ0) is 21.9. The van der Waals surface area contributed by atoms with Crippen LogP contribution in [-0.2, 0) is 6.73 Å². The van der Waals surface area contributed by atoms with E-state index >= 15 is 0 Å². The summed E-state index contributed by atoms with van der Waals surface area (Å²) in [5, 5.41) is 7.69. The van der Waals surface area contributed by atoms with Gasteiger partial charge in [-0.05, 0) is 53.9 Å². The van der Waals surface area contributed by atoms with Gasteiger partial charge in [0.1, 0.15) is 5.75 Å². The van der Waals surface area contributed by atoms with Crippen molar-refractivity contribution in [3.8, 4) is 16.9 Å². The number of aryl methyl sites for hydroxylation is 1. The average molecular weight is 441 g/mol. The number of hydrogen-bond acceptors (Lipinski definition) is 5. The predicted molar refractivity (Wildman–Crippen MR) is 127 cm³/mol. The quantitative estimate of drug-likeness (QED) is 0.365. The van der Waals surface area contributed by atoms with E-state index in [1.807, 2.05) is 61.5 Å². The van der Waals surface area contributed by atoms with E-state index in [2.05, 4.69) is 33.6 Å². The summed E-state index contributed by atoms with van der Waals surface area (Å²) in [5.74, 6) is 0.433. The van der Waals surface area contributed by atoms with Crippen LogP contribution in [-0.4, -0.2) is 20.7 Å². The molecular weight excluding hydrogens is 420 g/mol. The Bertz CT molecular complexity index is 1370. The van der Waals surface area contributed by atoms with Crippen molar-refractivity contribution in [3.05, 3.63) is 96.3 Å². The van der Waals surface area contributed by atoms with E-state index in [1.165, 1.54) is 11.3 Å². The molecular formula is C25H20N4O2S. The Balaban J connectivity index is 1.20. The van der Waals surface area contributed by atoms with Crippen LogP contribution in [0.2, 0.25) is 0 Å². The van der Waals surface area contributed by atoms with Crippen molar-refractivity contribution in [2.75, 3.05) is 5.32 Å². The number of benzene rings is 3. The van der Waals surface area contributed by atoms with Gasteiger partial charge in [-0.2, -0.15) is 5.10 Å². The number of carbonyl (C=O) groups is 1. The summed E-state index contributed by atoms with van der Waals surface area (Å²) in [6, 6.07) is 25.7. The zero-order valence-electron chi connectivity index (χ0n) is 17.4. The van der Waals surface area contributed by atoms with Gasteiger partial charge in [0.25, 0.3) is 5.91 Å². The number of anilines is 1. The molecule has 3 aromatic carbocycles. The molecule has 0 fully saturated rings. The van der Waals surface area contributed by atoms with Gasteiger partial charge in [0.05, 0.1) is 10.2 Å². The third-order valence-electron chi connectivity index (χ3n) is 4.96. The standard InChI is InChI=1S/C25H20N4O2S/c1-17-7-12-21-23(15-17)32-25(26-21)27-24(30)22-13-14-29(28-22)16-31-20-10-8-19(9-11-20)18-5-3-2-4-6-18/h2-15H,16H2,1H3,(H,26,27,30). The topological polar surface area (TPSA) is 69.0 Å². The molecule has 1 N–H and O–H groups in total. The summed E-state index contributed by atoms with van der Waals surface area (Å²) in [5.41, 5.74) is 4.62. The van der Waals surface area contributed by atoms with Crippen molar-refractivity contribution in [1.29, 1.82) is 0 Å². The van der Waals surface area contributed by atoms with Crippen molar-refractivity contribution in [2.45, 2.75) is 13.7 Å². The SMILES string of the molecule is Cc1ccc2nc(NC(=O)c3ccn(COc4ccc(-c5ccccc5)cc4)n3)sc2c1. The minimum atomic E-state index is -0.299. The molecule has 0 aliphatic carbocycles. The fraction of sp³-hybridized carbons (Fsp3) is 0.0800. The maximum atomic E-state index is 12.6. The van der Waals surface area contributed by atoms with E-state index in [4.69, 9.17) is 4.74 Å². The highest BCUT2D eigenvalue weighted by Gasteiger charge is 2.13. The van der Waals surface area contributed by atoms with E-state index in [0.29, 0.717) is 10.8 Å². The minimum absolute atomic E-state index is 0.207. The number of rotatable bonds is 6. The van der Waals surface area contributed by atoms with Gasteiger partial charge in [0.2, 0.25) is 0 Å². The summed E-state index contributed by atoms with van der Waals surface area (Å²) in [6.07, 6.45) is 1.72. The molecule has 32 heavy (non-hydrogen) atoms. The first kappa shape index (κ1) is 20.0. The smallest absolute Gasteiger partial charge is 0.277 e. The molecule has 0 bridgehead atoms. The third-order valence-corrected chi connectivity index (χ3v) is 5.90. The van der Waals surface area contributed by atoms with Crippen molar-refractivity contribution < 1.29 is 9.53 Å². The third kappa shape index (κ3) is 4.38. The van der Waals surface area contributed by atoms with Gasteiger partial charge in [-0.1, -0.05) is 59.9 Å². The van der Waals surface area contributed by atoms with Crippen LogP contribution in [0.15, 0.2) is 85.1 Å². The van der Waals surface area contributed by atoms with Crippen molar-refractivity contribution >= 4 is 32.6 Å². The first-order valence-corrected chi connectivity index (χ1v) is 11.0. The molecule has 0 aliphatic rings. The highest BCUT2D eigenvalue weighted by atomic mass is 32.1. The van der Waals surface area contributed by atoms with E-state index in [1.54, 1.807) is 16.9 Å². The number of nitrogens with one attached hydrogen (secondary N) is 1. The number of amides is 1. The number of hydrogen-bond donors (Lipinski definition) is 1. The lowest BCUT2D eigenvalue weighted by molar-refractivity contribution is 0.102. The molecule has 0 unspecified atom stereocenters. The molecule has 5 rings (SSSR count). The van der Waals surface area contributed by atoms with Crippen molar-refractivity contribution in [3.63, 3.8) is 0 Å². The van der Waals surface area contributed by atoms with Gasteiger partial charge in [-0.25, -0.2) is 9.67 Å². The van der Waals surface area contributed by atoms with Gasteiger partial charge < -0.3 is 4.74 Å². The molecule has 1 amide bonds. The molecule has 7 heteroatoms. The highest BCUT2D eigenvalue weighted by Crippen LogP contribution is 2.27. The van der Waals surface area contributed by atoms with Crippen molar-refractivity contribution in [2.24, 2.45) is 0 Å². The molecule has 0 saturated heterocycles. The predicted octanol–water partition coefficient (Wildman–Crippen LogP) is 5.76. The number of carbonyl (C=O) groups excluding carboxylic acids is 1. The van der Waals surface area contributed by atoms with Crippen LogP contribution in [0, 0.1) is 6.92 Å². The number of nitrogens with zero attached hydrogens (tertiary/aromatic N) is 3. The molecule has 0 spiro atoms. The summed E-state index contributed by atoms with van der Waals surface area (Å²) in [4.78, 5) is 17.0. The van der Waals surface area contributed by atoms with Gasteiger partial charge in [-0.3, -0.25) is 10.1 Å². The van der Waals surface area contributed by atoms with Crippen LogP contribution in [0.5, 0.6) is 5.75 Å². The van der Waals surface area contributed by atoms with E-state index in [0.717, 1.165) is 32.7 Å². The highest BCUT2D eigenvalue weighted by molar-refractivity contribution is 7.22. The lowest BCUT2D eigenvalue weighted by atomic mass is 10.1. The van der Waals surface area contributed by atoms with E-state index in [9.17, 15) is 4.79 Å². The fourth-order valence-electron chi connectivity index (χ4n) is 3.32. The van der Waals surface area contributed by atoms with Gasteiger partial charge in [-0.15, -0.1) is 0 Å². The van der Waals surface area contributed by atoms with E-state index in [-0.39, 0.29) is 12.6 Å². The molecule has 0 aliphatic heterocycles. The van der Waals surface area contributed by atoms with Crippen molar-refractivity contribution in [1.82, 2.24) is 14.8 Å². The van der Waals surface area contributed by atoms with Gasteiger partial charge in [0, 0.05) is 6.20 Å². The van der Waals surface area contributed by atoms with Crippen LogP contribution in [0.1, 0.15) is 16.1 Å². The first-order valence-electron chi connectivity index (χ1n) is 10.1. The largest absolute Gasteiger partial charge is 0.471 e. The maximum Gasteiger partial charge on any atom is 0.277 e. The summed E-state index contributed by atoms with van der Waals surface area (Å²) < 4.78 is 8.43. The summed E-state index contributed by atoms with van der Waals surface area (Å²) in [7, 11) is 0. The lowest BCUT2D eigenvalue weighted by Gasteiger charge is -2.07. The monoisotopic (exact) mass is 440 g/mol. The number of thiazole rings is 1. The maximum absolute atomic E-state index is 12.6. The number of aromatic nitrogens is 3. The molecule has 5 aromatic rings. The summed E-state index contributed by atoms with van der Waals surface area (Å²) in [6.45, 7) is 2.24.